The molecule has 4 heteroatoms. The molecule has 1 saturated heterocycles. The molecule has 1 fully saturated rings. The van der Waals surface area contributed by atoms with Crippen LogP contribution in [0.15, 0.2) is 24.3 Å². The maximum atomic E-state index is 12.7. The minimum Gasteiger partial charge on any atom is -0.313 e. The summed E-state index contributed by atoms with van der Waals surface area (Å²) in [5.41, 5.74) is 2.41. The number of para-hydroxylation sites is 1. The van der Waals surface area contributed by atoms with Gasteiger partial charge in [-0.2, -0.15) is 0 Å². The molecule has 0 aliphatic carbocycles. The van der Waals surface area contributed by atoms with Crippen molar-refractivity contribution in [2.75, 3.05) is 31.1 Å². The van der Waals surface area contributed by atoms with Gasteiger partial charge in [0.25, 0.3) is 0 Å². The van der Waals surface area contributed by atoms with Gasteiger partial charge in [0.1, 0.15) is 0 Å². The lowest BCUT2D eigenvalue weighted by molar-refractivity contribution is -0.120. The summed E-state index contributed by atoms with van der Waals surface area (Å²) in [6.07, 6.45) is 3.33. The van der Waals surface area contributed by atoms with E-state index in [2.05, 4.69) is 28.8 Å². The zero-order chi connectivity index (χ0) is 13.1. The molecule has 0 aromatic heterocycles. The number of amides is 1. The largest absolute Gasteiger partial charge is 0.313 e. The first-order chi connectivity index (χ1) is 9.36. The fourth-order valence-electron chi connectivity index (χ4n) is 2.94. The molecule has 1 aromatic carbocycles. The highest BCUT2D eigenvalue weighted by atomic mass is 16.2. The molecule has 102 valence electrons. The summed E-state index contributed by atoms with van der Waals surface area (Å²) in [5, 5.41) is 6.60. The van der Waals surface area contributed by atoms with Crippen molar-refractivity contribution in [3.05, 3.63) is 29.8 Å². The molecule has 1 aromatic rings. The maximum Gasteiger partial charge on any atom is 0.245 e. The van der Waals surface area contributed by atoms with Crippen LogP contribution in [0.5, 0.6) is 0 Å². The molecule has 0 bridgehead atoms. The third kappa shape index (κ3) is 2.65. The van der Waals surface area contributed by atoms with Gasteiger partial charge in [-0.3, -0.25) is 4.79 Å². The third-order valence-electron chi connectivity index (χ3n) is 3.97. The molecule has 0 saturated carbocycles. The van der Waals surface area contributed by atoms with Crippen LogP contribution < -0.4 is 15.5 Å². The zero-order valence-electron chi connectivity index (χ0n) is 11.2. The average Bonchev–Trinajstić information content (AvgIpc) is 2.70. The van der Waals surface area contributed by atoms with Crippen LogP contribution in [0, 0.1) is 0 Å². The smallest absolute Gasteiger partial charge is 0.245 e. The van der Waals surface area contributed by atoms with E-state index in [1.54, 1.807) is 0 Å². The van der Waals surface area contributed by atoms with Gasteiger partial charge in [0.05, 0.1) is 6.04 Å². The summed E-state index contributed by atoms with van der Waals surface area (Å²) in [4.78, 5) is 14.7. The van der Waals surface area contributed by atoms with Gasteiger partial charge in [-0.1, -0.05) is 18.2 Å². The number of nitrogens with one attached hydrogen (secondary N) is 2. The number of anilines is 1. The van der Waals surface area contributed by atoms with E-state index >= 15 is 0 Å². The van der Waals surface area contributed by atoms with E-state index in [4.69, 9.17) is 0 Å². The van der Waals surface area contributed by atoms with Gasteiger partial charge < -0.3 is 15.5 Å². The number of aryl methyl sites for hydroxylation is 1. The van der Waals surface area contributed by atoms with Crippen molar-refractivity contribution < 1.29 is 4.79 Å². The van der Waals surface area contributed by atoms with Crippen LogP contribution in [0.3, 0.4) is 0 Å². The summed E-state index contributed by atoms with van der Waals surface area (Å²) in [6, 6.07) is 8.23. The van der Waals surface area contributed by atoms with E-state index in [1.165, 1.54) is 5.56 Å². The maximum absolute atomic E-state index is 12.7. The van der Waals surface area contributed by atoms with Crippen LogP contribution in [0.1, 0.15) is 18.4 Å². The molecule has 2 aliphatic heterocycles. The van der Waals surface area contributed by atoms with Crippen molar-refractivity contribution in [1.29, 1.82) is 0 Å². The van der Waals surface area contributed by atoms with Crippen LogP contribution in [0.25, 0.3) is 0 Å². The van der Waals surface area contributed by atoms with Crippen molar-refractivity contribution in [2.45, 2.75) is 25.3 Å². The number of nitrogens with zero attached hydrogens (tertiary/aromatic N) is 1. The minimum atomic E-state index is -0.0834. The Morgan fingerprint density at radius 3 is 2.95 bits per heavy atom. The molecule has 2 N–H and O–H groups in total. The Kier molecular flexibility index (Phi) is 3.80. The summed E-state index contributed by atoms with van der Waals surface area (Å²) in [6.45, 7) is 3.39. The molecule has 2 aliphatic rings. The standard InChI is InChI=1S/C15H21N3O/c19-15(13-11-16-8-9-17-13)18-10-4-3-6-12-5-1-2-7-14(12)18/h1-2,5,7,13,16-17H,3-4,6,8-11H2. The fraction of sp³-hybridized carbons (Fsp3) is 0.533. The Morgan fingerprint density at radius 1 is 1.21 bits per heavy atom. The van der Waals surface area contributed by atoms with E-state index in [0.29, 0.717) is 0 Å². The first-order valence-electron chi connectivity index (χ1n) is 7.19. The average molecular weight is 259 g/mol. The van der Waals surface area contributed by atoms with Gasteiger partial charge in [-0.25, -0.2) is 0 Å². The number of hydrogen-bond acceptors (Lipinski definition) is 3. The van der Waals surface area contributed by atoms with Crippen molar-refractivity contribution in [3.63, 3.8) is 0 Å². The number of carbonyl (C=O) groups is 1. The van der Waals surface area contributed by atoms with E-state index in [0.717, 1.165) is 51.1 Å². The second-order valence-corrected chi connectivity index (χ2v) is 5.29. The van der Waals surface area contributed by atoms with E-state index in [9.17, 15) is 4.79 Å². The van der Waals surface area contributed by atoms with Crippen LogP contribution in [-0.2, 0) is 11.2 Å². The molecule has 3 rings (SSSR count). The van der Waals surface area contributed by atoms with Gasteiger partial charge in [-0.05, 0) is 30.9 Å². The predicted octanol–water partition coefficient (Wildman–Crippen LogP) is 0.917. The third-order valence-corrected chi connectivity index (χ3v) is 3.97. The summed E-state index contributed by atoms with van der Waals surface area (Å²) >= 11 is 0. The second kappa shape index (κ2) is 5.72. The van der Waals surface area contributed by atoms with Gasteiger partial charge in [-0.15, -0.1) is 0 Å². The molecule has 1 unspecified atom stereocenters. The van der Waals surface area contributed by atoms with Gasteiger partial charge in [0.15, 0.2) is 0 Å². The predicted molar refractivity (Wildman–Crippen MR) is 76.4 cm³/mol. The lowest BCUT2D eigenvalue weighted by atomic mass is 10.1. The highest BCUT2D eigenvalue weighted by molar-refractivity contribution is 5.98. The Labute approximate surface area is 114 Å². The number of benzene rings is 1. The van der Waals surface area contributed by atoms with Gasteiger partial charge in [0.2, 0.25) is 5.91 Å². The highest BCUT2D eigenvalue weighted by Crippen LogP contribution is 2.26. The number of piperazine rings is 1. The lowest BCUT2D eigenvalue weighted by Gasteiger charge is -2.30. The SMILES string of the molecule is O=C(C1CNCCN1)N1CCCCc2ccccc21. The van der Waals surface area contributed by atoms with Crippen LogP contribution in [0.4, 0.5) is 5.69 Å². The highest BCUT2D eigenvalue weighted by Gasteiger charge is 2.28. The van der Waals surface area contributed by atoms with Crippen molar-refractivity contribution in [3.8, 4) is 0 Å². The number of fused-ring (bicyclic) bond motifs is 1. The molecule has 1 atom stereocenters. The zero-order valence-corrected chi connectivity index (χ0v) is 11.2. The van der Waals surface area contributed by atoms with E-state index in [1.807, 2.05) is 11.0 Å². The Hall–Kier alpha value is -1.39. The number of carbonyl (C=O) groups excluding carboxylic acids is 1. The van der Waals surface area contributed by atoms with E-state index < -0.39 is 0 Å². The summed E-state index contributed by atoms with van der Waals surface area (Å²) in [7, 11) is 0. The first-order valence-corrected chi connectivity index (χ1v) is 7.19. The summed E-state index contributed by atoms with van der Waals surface area (Å²) in [5.74, 6) is 0.210. The molecule has 4 nitrogen and oxygen atoms in total. The molecule has 2 heterocycles. The first kappa shape index (κ1) is 12.6. The quantitative estimate of drug-likeness (QED) is 0.788. The molecule has 1 amide bonds. The van der Waals surface area contributed by atoms with Crippen LogP contribution in [-0.4, -0.2) is 38.1 Å². The van der Waals surface area contributed by atoms with Crippen LogP contribution in [0.2, 0.25) is 0 Å². The van der Waals surface area contributed by atoms with Crippen molar-refractivity contribution in [1.82, 2.24) is 10.6 Å². The van der Waals surface area contributed by atoms with Crippen LogP contribution >= 0.6 is 0 Å². The second-order valence-electron chi connectivity index (χ2n) is 5.29. The van der Waals surface area contributed by atoms with Gasteiger partial charge >= 0.3 is 0 Å². The number of hydrogen-bond donors (Lipinski definition) is 2. The van der Waals surface area contributed by atoms with E-state index in [-0.39, 0.29) is 11.9 Å². The Bertz CT molecular complexity index is 454. The number of rotatable bonds is 1. The Balaban J connectivity index is 1.84. The van der Waals surface area contributed by atoms with Crippen molar-refractivity contribution >= 4 is 11.6 Å². The molecular weight excluding hydrogens is 238 g/mol. The normalized spacial score (nSPS) is 23.6. The molecule has 0 spiro atoms. The molecule has 19 heavy (non-hydrogen) atoms. The summed E-state index contributed by atoms with van der Waals surface area (Å²) < 4.78 is 0. The topological polar surface area (TPSA) is 44.4 Å². The van der Waals surface area contributed by atoms with Gasteiger partial charge in [0, 0.05) is 31.9 Å². The molecule has 0 radical (unpaired) electrons. The lowest BCUT2D eigenvalue weighted by Crippen LogP contribution is -2.56. The van der Waals surface area contributed by atoms with Crippen molar-refractivity contribution in [2.24, 2.45) is 0 Å². The fourth-order valence-corrected chi connectivity index (χ4v) is 2.94. The Morgan fingerprint density at radius 2 is 2.11 bits per heavy atom. The molecular formula is C15H21N3O. The minimum absolute atomic E-state index is 0.0834. The monoisotopic (exact) mass is 259 g/mol.